The largest absolute Gasteiger partial charge is 0.393 e. The molecule has 1 aliphatic heterocycles. The molecule has 5 heteroatoms. The molecular weight excluding hydrogens is 263 g/mol. The van der Waals surface area contributed by atoms with Crippen LogP contribution in [0.3, 0.4) is 0 Å². The lowest BCUT2D eigenvalue weighted by Crippen LogP contribution is -2.41. The summed E-state index contributed by atoms with van der Waals surface area (Å²) in [7, 11) is 0. The summed E-state index contributed by atoms with van der Waals surface area (Å²) in [5, 5.41) is 0.596. The Morgan fingerprint density at radius 2 is 1.89 bits per heavy atom. The molecule has 0 bridgehead atoms. The number of rotatable bonds is 2. The molecule has 100 valence electrons. The van der Waals surface area contributed by atoms with E-state index < -0.39 is 18.1 Å². The van der Waals surface area contributed by atoms with Crippen LogP contribution in [0.4, 0.5) is 18.9 Å². The van der Waals surface area contributed by atoms with Gasteiger partial charge in [-0.25, -0.2) is 0 Å². The summed E-state index contributed by atoms with van der Waals surface area (Å²) in [6.07, 6.45) is -2.75. The van der Waals surface area contributed by atoms with E-state index >= 15 is 0 Å². The van der Waals surface area contributed by atoms with Crippen LogP contribution < -0.4 is 4.90 Å². The summed E-state index contributed by atoms with van der Waals surface area (Å²) >= 11 is 5.79. The van der Waals surface area contributed by atoms with Crippen molar-refractivity contribution in [2.24, 2.45) is 5.92 Å². The molecule has 1 fully saturated rings. The van der Waals surface area contributed by atoms with E-state index in [0.717, 1.165) is 12.1 Å². The molecule has 2 unspecified atom stereocenters. The number of nitrogens with zero attached hydrogens (tertiary/aromatic N) is 1. The molecule has 0 N–H and O–H groups in total. The summed E-state index contributed by atoms with van der Waals surface area (Å²) in [6.45, 7) is 1.94. The number of halogens is 4. The Hall–Kier alpha value is -0.900. The van der Waals surface area contributed by atoms with Gasteiger partial charge < -0.3 is 4.90 Å². The Bertz CT molecular complexity index is 402. The Labute approximate surface area is 110 Å². The van der Waals surface area contributed by atoms with Gasteiger partial charge in [-0.05, 0) is 37.1 Å². The zero-order chi connectivity index (χ0) is 13.3. The number of benzene rings is 1. The van der Waals surface area contributed by atoms with E-state index in [9.17, 15) is 13.2 Å². The molecule has 1 aromatic carbocycles. The summed E-state index contributed by atoms with van der Waals surface area (Å²) in [5.74, 6) is -1.31. The van der Waals surface area contributed by atoms with Crippen molar-refractivity contribution in [1.82, 2.24) is 0 Å². The van der Waals surface area contributed by atoms with Gasteiger partial charge in [0.2, 0.25) is 0 Å². The highest BCUT2D eigenvalue weighted by Gasteiger charge is 2.44. The van der Waals surface area contributed by atoms with Gasteiger partial charge in [0, 0.05) is 23.3 Å². The van der Waals surface area contributed by atoms with Crippen LogP contribution in [0.25, 0.3) is 0 Å². The standard InChI is InChI=1S/C13H15ClF3N/c1-9(13(15,16)17)12-3-2-8-18(12)11-6-4-10(14)5-7-11/h4-7,9,12H,2-3,8H2,1H3. The molecule has 0 saturated carbocycles. The summed E-state index contributed by atoms with van der Waals surface area (Å²) in [5.41, 5.74) is 0.818. The summed E-state index contributed by atoms with van der Waals surface area (Å²) in [6, 6.07) is 6.52. The quantitative estimate of drug-likeness (QED) is 0.769. The van der Waals surface area contributed by atoms with Crippen molar-refractivity contribution in [3.05, 3.63) is 29.3 Å². The van der Waals surface area contributed by atoms with Crippen LogP contribution >= 0.6 is 11.6 Å². The van der Waals surface area contributed by atoms with E-state index in [2.05, 4.69) is 0 Å². The van der Waals surface area contributed by atoms with Gasteiger partial charge in [0.15, 0.2) is 0 Å². The highest BCUT2D eigenvalue weighted by Crippen LogP contribution is 2.37. The van der Waals surface area contributed by atoms with Crippen LogP contribution in [-0.4, -0.2) is 18.8 Å². The summed E-state index contributed by atoms with van der Waals surface area (Å²) in [4.78, 5) is 1.84. The molecule has 0 aromatic heterocycles. The monoisotopic (exact) mass is 277 g/mol. The second-order valence-corrected chi connectivity index (χ2v) is 5.15. The van der Waals surface area contributed by atoms with Crippen LogP contribution in [0.1, 0.15) is 19.8 Å². The molecule has 2 atom stereocenters. The van der Waals surface area contributed by atoms with Crippen molar-refractivity contribution in [3.8, 4) is 0 Å². The average Bonchev–Trinajstić information content (AvgIpc) is 2.76. The van der Waals surface area contributed by atoms with E-state index in [4.69, 9.17) is 11.6 Å². The third-order valence-electron chi connectivity index (χ3n) is 3.55. The molecule has 0 spiro atoms. The van der Waals surface area contributed by atoms with Gasteiger partial charge in [0.25, 0.3) is 0 Å². The van der Waals surface area contributed by atoms with E-state index in [-0.39, 0.29) is 0 Å². The SMILES string of the molecule is CC(C1CCCN1c1ccc(Cl)cc1)C(F)(F)F. The molecule has 0 aliphatic carbocycles. The molecule has 1 nitrogen and oxygen atoms in total. The Morgan fingerprint density at radius 1 is 1.28 bits per heavy atom. The number of alkyl halides is 3. The molecule has 0 amide bonds. The fraction of sp³-hybridized carbons (Fsp3) is 0.538. The van der Waals surface area contributed by atoms with Gasteiger partial charge in [0.05, 0.1) is 5.92 Å². The first kappa shape index (κ1) is 13.5. The van der Waals surface area contributed by atoms with Crippen LogP contribution in [0, 0.1) is 5.92 Å². The fourth-order valence-electron chi connectivity index (χ4n) is 2.48. The highest BCUT2D eigenvalue weighted by atomic mass is 35.5. The van der Waals surface area contributed by atoms with Crippen LogP contribution in [0.5, 0.6) is 0 Å². The van der Waals surface area contributed by atoms with Crippen molar-refractivity contribution in [2.45, 2.75) is 32.0 Å². The van der Waals surface area contributed by atoms with Gasteiger partial charge >= 0.3 is 6.18 Å². The van der Waals surface area contributed by atoms with Crippen LogP contribution in [0.2, 0.25) is 5.02 Å². The molecule has 1 saturated heterocycles. The molecule has 18 heavy (non-hydrogen) atoms. The zero-order valence-corrected chi connectivity index (χ0v) is 10.8. The van der Waals surface area contributed by atoms with E-state index in [1.807, 2.05) is 4.90 Å². The maximum Gasteiger partial charge on any atom is 0.393 e. The molecule has 2 rings (SSSR count). The predicted octanol–water partition coefficient (Wildman–Crippen LogP) is 4.51. The van der Waals surface area contributed by atoms with E-state index in [1.165, 1.54) is 6.92 Å². The van der Waals surface area contributed by atoms with Gasteiger partial charge in [-0.15, -0.1) is 0 Å². The minimum Gasteiger partial charge on any atom is -0.368 e. The number of anilines is 1. The lowest BCUT2D eigenvalue weighted by atomic mass is 9.98. The Morgan fingerprint density at radius 3 is 2.44 bits per heavy atom. The predicted molar refractivity (Wildman–Crippen MR) is 67.0 cm³/mol. The minimum absolute atomic E-state index is 0.467. The maximum absolute atomic E-state index is 12.8. The van der Waals surface area contributed by atoms with Crippen molar-refractivity contribution in [2.75, 3.05) is 11.4 Å². The normalized spacial score (nSPS) is 22.3. The molecule has 1 heterocycles. The first-order valence-electron chi connectivity index (χ1n) is 5.98. The van der Waals surface area contributed by atoms with Crippen molar-refractivity contribution in [1.29, 1.82) is 0 Å². The first-order chi connectivity index (χ1) is 8.39. The maximum atomic E-state index is 12.8. The highest BCUT2D eigenvalue weighted by molar-refractivity contribution is 6.30. The third kappa shape index (κ3) is 2.74. The number of hydrogen-bond donors (Lipinski definition) is 0. The van der Waals surface area contributed by atoms with Gasteiger partial charge in [-0.1, -0.05) is 18.5 Å². The van der Waals surface area contributed by atoms with Crippen molar-refractivity contribution >= 4 is 17.3 Å². The molecule has 1 aromatic rings. The van der Waals surface area contributed by atoms with Crippen LogP contribution in [-0.2, 0) is 0 Å². The second-order valence-electron chi connectivity index (χ2n) is 4.71. The Kier molecular flexibility index (Phi) is 3.76. The van der Waals surface area contributed by atoms with Crippen molar-refractivity contribution < 1.29 is 13.2 Å². The zero-order valence-electron chi connectivity index (χ0n) is 10.0. The molecule has 1 aliphatic rings. The topological polar surface area (TPSA) is 3.24 Å². The van der Waals surface area contributed by atoms with Crippen LogP contribution in [0.15, 0.2) is 24.3 Å². The van der Waals surface area contributed by atoms with E-state index in [0.29, 0.717) is 18.0 Å². The average molecular weight is 278 g/mol. The van der Waals surface area contributed by atoms with E-state index in [1.54, 1.807) is 24.3 Å². The lowest BCUT2D eigenvalue weighted by Gasteiger charge is -2.32. The third-order valence-corrected chi connectivity index (χ3v) is 3.80. The first-order valence-corrected chi connectivity index (χ1v) is 6.36. The van der Waals surface area contributed by atoms with Gasteiger partial charge in [0.1, 0.15) is 0 Å². The Balaban J connectivity index is 2.20. The van der Waals surface area contributed by atoms with Gasteiger partial charge in [-0.2, -0.15) is 13.2 Å². The van der Waals surface area contributed by atoms with Crippen molar-refractivity contribution in [3.63, 3.8) is 0 Å². The smallest absolute Gasteiger partial charge is 0.368 e. The summed E-state index contributed by atoms with van der Waals surface area (Å²) < 4.78 is 38.4. The lowest BCUT2D eigenvalue weighted by molar-refractivity contribution is -0.174. The second kappa shape index (κ2) is 5.00. The molecular formula is C13H15ClF3N. The van der Waals surface area contributed by atoms with Gasteiger partial charge in [-0.3, -0.25) is 0 Å². The number of hydrogen-bond acceptors (Lipinski definition) is 1. The fourth-order valence-corrected chi connectivity index (χ4v) is 2.61. The minimum atomic E-state index is -4.14. The molecule has 0 radical (unpaired) electrons.